The van der Waals surface area contributed by atoms with Crippen LogP contribution in [0.5, 0.6) is 0 Å². The molecule has 0 unspecified atom stereocenters. The second-order valence-corrected chi connectivity index (χ2v) is 24.9. The van der Waals surface area contributed by atoms with Gasteiger partial charge >= 0.3 is 0 Å². The zero-order valence-electron chi connectivity index (χ0n) is 49.7. The largest absolute Gasteiger partial charge is 0.354 e. The predicted octanol–water partition coefficient (Wildman–Crippen LogP) is 8.00. The first-order valence-electron chi connectivity index (χ1n) is 29.7. The van der Waals surface area contributed by atoms with Crippen molar-refractivity contribution in [1.29, 1.82) is 0 Å². The Morgan fingerprint density at radius 3 is 1.62 bits per heavy atom. The molecule has 0 spiro atoms. The van der Waals surface area contributed by atoms with E-state index in [2.05, 4.69) is 87.9 Å². The number of ketones is 1. The first kappa shape index (κ1) is 60.8. The van der Waals surface area contributed by atoms with Crippen molar-refractivity contribution in [2.75, 3.05) is 75.8 Å². The number of likely N-dealkylation sites (N-methyl/N-ethyl adjacent to an activating group) is 1. The molecule has 86 heavy (non-hydrogen) atoms. The van der Waals surface area contributed by atoms with Crippen molar-refractivity contribution in [1.82, 2.24) is 53.0 Å². The van der Waals surface area contributed by atoms with E-state index in [1.54, 1.807) is 12.4 Å². The number of fused-ring (bicyclic) bond motifs is 2. The molecule has 2 fully saturated rings. The monoisotopic (exact) mass is 1270 g/mol. The molecule has 10 rings (SSSR count). The van der Waals surface area contributed by atoms with Crippen LogP contribution < -0.4 is 36.9 Å². The minimum absolute atomic E-state index is 0.0696. The van der Waals surface area contributed by atoms with Crippen LogP contribution in [-0.2, 0) is 48.6 Å². The van der Waals surface area contributed by atoms with Crippen molar-refractivity contribution in [3.8, 4) is 22.3 Å². The molecule has 2 aliphatic heterocycles. The molecular weight excluding hydrogens is 1200 g/mol. The van der Waals surface area contributed by atoms with Crippen molar-refractivity contribution < 1.29 is 19.2 Å². The van der Waals surface area contributed by atoms with E-state index in [-0.39, 0.29) is 54.3 Å². The number of nitrogens with zero attached hydrogens (tertiary/aromatic N) is 8. The van der Waals surface area contributed by atoms with Crippen molar-refractivity contribution in [2.45, 2.75) is 86.0 Å². The van der Waals surface area contributed by atoms with Crippen LogP contribution in [0.15, 0.2) is 120 Å². The summed E-state index contributed by atoms with van der Waals surface area (Å²) >= 11 is -0.671. The maximum atomic E-state index is 14.2. The van der Waals surface area contributed by atoms with Crippen LogP contribution in [0.4, 0.5) is 11.6 Å². The summed E-state index contributed by atoms with van der Waals surface area (Å²) in [5.41, 5.74) is 9.95. The Balaban J connectivity index is 0.758. The van der Waals surface area contributed by atoms with Gasteiger partial charge in [0.05, 0.1) is 6.54 Å². The number of piperazine rings is 2. The molecule has 2 aromatic carbocycles. The second kappa shape index (κ2) is 27.8. The van der Waals surface area contributed by atoms with Gasteiger partial charge in [-0.25, -0.2) is 13.1 Å². The van der Waals surface area contributed by atoms with E-state index in [1.165, 1.54) is 6.08 Å². The minimum Gasteiger partial charge on any atom is -0.354 e. The number of benzene rings is 2. The third-order valence-corrected chi connectivity index (χ3v) is 18.7. The Bertz CT molecular complexity index is 3960. The number of rotatable bonds is 23. The second-order valence-electron chi connectivity index (χ2n) is 22.3. The average Bonchev–Trinajstić information content (AvgIpc) is 2.12. The van der Waals surface area contributed by atoms with Gasteiger partial charge in [-0.15, -0.1) is 0 Å². The molecule has 5 N–H and O–H groups in total. The summed E-state index contributed by atoms with van der Waals surface area (Å²) in [6, 6.07) is 23.7. The molecule has 6 aromatic heterocycles. The van der Waals surface area contributed by atoms with E-state index >= 15 is 0 Å². The molecular formula is C66H76IN13O6. The number of aryl methyl sites for hydroxylation is 5. The maximum Gasteiger partial charge on any atom is 0.253 e. The van der Waals surface area contributed by atoms with Crippen LogP contribution in [0, 0.1) is 13.8 Å². The topological polar surface area (TPSA) is 219 Å². The lowest BCUT2D eigenvalue weighted by Gasteiger charge is -2.33. The van der Waals surface area contributed by atoms with E-state index in [9.17, 15) is 28.8 Å². The highest BCUT2D eigenvalue weighted by atomic mass is 127. The number of carbonyl (C=O) groups is 4. The molecule has 2 saturated heterocycles. The Hall–Kier alpha value is -8.34. The third-order valence-electron chi connectivity index (χ3n) is 16.1. The number of pyridine rings is 4. The van der Waals surface area contributed by atoms with Crippen LogP contribution in [0.1, 0.15) is 87.5 Å². The van der Waals surface area contributed by atoms with Gasteiger partial charge in [0.1, 0.15) is 11.6 Å². The lowest BCUT2D eigenvalue weighted by atomic mass is 10.00. The SMILES string of the molecule is C=CC(=O)Cn1ccc2c(C(=O)NCc3c(CCC)cc(C)[nH]c3=O)cc(-c3ccc(N4CCN(I=CC(=O)NCCCn5ccc6c(C(=O)NCc7c(CCC)cc(C)[nH]c7=O)cc(-c7ccc(N8CCN(C)CC8)nc7)cc65)CC4)nc3)cc21. The molecule has 2 aliphatic rings. The van der Waals surface area contributed by atoms with Crippen LogP contribution in [-0.4, -0.2) is 131 Å². The Labute approximate surface area is 511 Å². The summed E-state index contributed by atoms with van der Waals surface area (Å²) < 4.78 is 8.10. The first-order valence-corrected chi connectivity index (χ1v) is 31.9. The highest BCUT2D eigenvalue weighted by molar-refractivity contribution is 14.2. The number of H-pyrrole nitrogens is 2. The highest BCUT2D eigenvalue weighted by Gasteiger charge is 2.23. The number of hydrogen-bond donors (Lipinski definition) is 5. The quantitative estimate of drug-likeness (QED) is 0.0178. The predicted molar refractivity (Wildman–Crippen MR) is 351 cm³/mol. The number of hydrogen-bond acceptors (Lipinski definition) is 12. The van der Waals surface area contributed by atoms with Gasteiger partial charge in [-0.3, -0.25) is 28.8 Å². The first-order chi connectivity index (χ1) is 41.7. The van der Waals surface area contributed by atoms with Gasteiger partial charge < -0.3 is 49.8 Å². The molecule has 20 heteroatoms. The van der Waals surface area contributed by atoms with Gasteiger partial charge in [0, 0.05) is 174 Å². The van der Waals surface area contributed by atoms with Gasteiger partial charge in [0.25, 0.3) is 28.8 Å². The summed E-state index contributed by atoms with van der Waals surface area (Å²) in [4.78, 5) is 103. The van der Waals surface area contributed by atoms with Crippen LogP contribution >= 0.6 is 21.0 Å². The summed E-state index contributed by atoms with van der Waals surface area (Å²) in [5, 5.41) is 10.7. The molecule has 0 saturated carbocycles. The van der Waals surface area contributed by atoms with E-state index < -0.39 is 21.0 Å². The Kier molecular flexibility index (Phi) is 19.6. The van der Waals surface area contributed by atoms with Gasteiger partial charge in [0.2, 0.25) is 0 Å². The lowest BCUT2D eigenvalue weighted by Crippen LogP contribution is -2.44. The Morgan fingerprint density at radius 1 is 0.628 bits per heavy atom. The molecule has 0 atom stereocenters. The number of amides is 3. The number of allylic oxidation sites excluding steroid dienone is 1. The number of aromatic amines is 2. The number of nitrogens with one attached hydrogen (secondary N) is 5. The summed E-state index contributed by atoms with van der Waals surface area (Å²) in [6.45, 7) is 19.6. The van der Waals surface area contributed by atoms with Crippen molar-refractivity contribution in [3.05, 3.63) is 176 Å². The average molecular weight is 1270 g/mol. The summed E-state index contributed by atoms with van der Waals surface area (Å²) in [7, 11) is 2.13. The van der Waals surface area contributed by atoms with Crippen molar-refractivity contribution >= 4 is 82.0 Å². The minimum atomic E-state index is -0.671. The molecule has 0 aliphatic carbocycles. The molecule has 19 nitrogen and oxygen atoms in total. The molecule has 0 bridgehead atoms. The number of aromatic nitrogens is 6. The van der Waals surface area contributed by atoms with E-state index in [4.69, 9.17) is 9.97 Å². The van der Waals surface area contributed by atoms with Crippen molar-refractivity contribution in [2.24, 2.45) is 0 Å². The fraction of sp³-hybridized carbons (Fsp3) is 0.348. The van der Waals surface area contributed by atoms with E-state index in [1.807, 2.05) is 95.5 Å². The molecule has 0 radical (unpaired) electrons. The van der Waals surface area contributed by atoms with Crippen LogP contribution in [0.25, 0.3) is 44.1 Å². The summed E-state index contributed by atoms with van der Waals surface area (Å²) in [5.74, 6) is 0.904. The van der Waals surface area contributed by atoms with E-state index in [0.29, 0.717) is 52.7 Å². The maximum absolute atomic E-state index is 14.2. The van der Waals surface area contributed by atoms with Crippen molar-refractivity contribution in [3.63, 3.8) is 0 Å². The standard InChI is InChI=1S/C66H76IN13O6/c1-7-11-45-31-43(4)73-65(85)56(45)40-71-63(83)54-33-49(47-13-15-60(69-38-47)77-25-23-75(6)24-26-77)35-58-52(54)17-21-76(58)20-10-19-68-62(82)37-67-80-29-27-78(28-30-80)61-16-14-48(39-70-61)50-34-55(53-18-22-79(59(53)36-50)42-51(81)9-3)64(84)72-41-57-46(12-8-2)32-44(5)74-66(57)86/h9,13-18,21-22,31-39H,3,7-8,10-12,19-20,23-30,40-42H2,1-2,4-6H3,(H,68,82)(H,71,83)(H,72,84)(H,73,85)(H,74,86). The Morgan fingerprint density at radius 2 is 1.13 bits per heavy atom. The zero-order chi connectivity index (χ0) is 60.4. The highest BCUT2D eigenvalue weighted by Crippen LogP contribution is 2.32. The normalized spacial score (nSPS) is 14.2. The number of anilines is 2. The van der Waals surface area contributed by atoms with E-state index in [0.717, 1.165) is 145 Å². The van der Waals surface area contributed by atoms with Gasteiger partial charge in [0.15, 0.2) is 5.78 Å². The van der Waals surface area contributed by atoms with Gasteiger partial charge in [-0.2, -0.15) is 0 Å². The zero-order valence-corrected chi connectivity index (χ0v) is 51.9. The van der Waals surface area contributed by atoms with Gasteiger partial charge in [-0.05, 0) is 162 Å². The fourth-order valence-corrected chi connectivity index (χ4v) is 13.3. The van der Waals surface area contributed by atoms with Gasteiger partial charge in [-0.1, -0.05) is 33.3 Å². The number of carbonyl (C=O) groups excluding carboxylic acids is 4. The van der Waals surface area contributed by atoms with Crippen LogP contribution in [0.2, 0.25) is 0 Å². The van der Waals surface area contributed by atoms with Crippen LogP contribution in [0.3, 0.4) is 0 Å². The summed E-state index contributed by atoms with van der Waals surface area (Å²) in [6.07, 6.45) is 12.6. The lowest BCUT2D eigenvalue weighted by molar-refractivity contribution is -0.115. The molecule has 8 aromatic rings. The smallest absolute Gasteiger partial charge is 0.253 e. The molecule has 448 valence electrons. The number of halogens is 1. The molecule has 3 amide bonds. The molecule has 8 heterocycles. The third kappa shape index (κ3) is 14.3. The fourth-order valence-electron chi connectivity index (χ4n) is 11.5.